The van der Waals surface area contributed by atoms with E-state index in [2.05, 4.69) is 21.2 Å². The number of thiocarbonyl (C=S) groups is 1. The van der Waals surface area contributed by atoms with Crippen molar-refractivity contribution in [3.63, 3.8) is 0 Å². The van der Waals surface area contributed by atoms with E-state index in [9.17, 15) is 9.18 Å². The maximum Gasteiger partial charge on any atom is 0.255 e. The molecule has 0 atom stereocenters. The highest BCUT2D eigenvalue weighted by atomic mass is 79.9. The topological polar surface area (TPSA) is 55.1 Å². The minimum absolute atomic E-state index is 0.185. The van der Waals surface area contributed by atoms with Gasteiger partial charge in [0.15, 0.2) is 0 Å². The molecule has 0 spiro atoms. The van der Waals surface area contributed by atoms with Crippen LogP contribution in [-0.4, -0.2) is 10.9 Å². The Morgan fingerprint density at radius 3 is 2.48 bits per heavy atom. The summed E-state index contributed by atoms with van der Waals surface area (Å²) in [5.41, 5.74) is 6.67. The van der Waals surface area contributed by atoms with Crippen LogP contribution >= 0.6 is 39.7 Å². The third-order valence-corrected chi connectivity index (χ3v) is 3.88. The van der Waals surface area contributed by atoms with Crippen LogP contribution in [0, 0.1) is 5.82 Å². The first kappa shape index (κ1) is 15.9. The van der Waals surface area contributed by atoms with Crippen LogP contribution in [0.4, 0.5) is 10.1 Å². The molecule has 0 aliphatic rings. The third-order valence-electron chi connectivity index (χ3n) is 2.68. The van der Waals surface area contributed by atoms with Gasteiger partial charge in [-0.15, -0.1) is 0 Å². The van der Waals surface area contributed by atoms with E-state index in [1.54, 1.807) is 18.2 Å². The lowest BCUT2D eigenvalue weighted by Crippen LogP contribution is -2.13. The summed E-state index contributed by atoms with van der Waals surface area (Å²) in [4.78, 5) is 12.3. The van der Waals surface area contributed by atoms with Crippen molar-refractivity contribution in [1.82, 2.24) is 0 Å². The zero-order chi connectivity index (χ0) is 15.6. The Labute approximate surface area is 139 Å². The highest BCUT2D eigenvalue weighted by molar-refractivity contribution is 9.10. The number of hydrogen-bond donors (Lipinski definition) is 2. The molecule has 0 aromatic heterocycles. The fraction of sp³-hybridized carbons (Fsp3) is 0. The summed E-state index contributed by atoms with van der Waals surface area (Å²) in [6, 6.07) is 8.88. The molecule has 2 aromatic rings. The summed E-state index contributed by atoms with van der Waals surface area (Å²) in [5.74, 6) is -0.982. The van der Waals surface area contributed by atoms with E-state index >= 15 is 0 Å². The Morgan fingerprint density at radius 2 is 1.90 bits per heavy atom. The van der Waals surface area contributed by atoms with Gasteiger partial charge in [-0.25, -0.2) is 4.39 Å². The molecule has 0 aliphatic heterocycles. The van der Waals surface area contributed by atoms with E-state index < -0.39 is 11.7 Å². The number of amides is 1. The summed E-state index contributed by atoms with van der Waals surface area (Å²) < 4.78 is 13.7. The number of halogens is 3. The van der Waals surface area contributed by atoms with Gasteiger partial charge in [-0.1, -0.05) is 23.8 Å². The van der Waals surface area contributed by atoms with Gasteiger partial charge in [-0.05, 0) is 52.3 Å². The average molecular weight is 388 g/mol. The molecule has 0 radical (unpaired) electrons. The first-order chi connectivity index (χ1) is 9.88. The van der Waals surface area contributed by atoms with Gasteiger partial charge in [0.1, 0.15) is 10.8 Å². The largest absolute Gasteiger partial charge is 0.389 e. The third kappa shape index (κ3) is 3.78. The summed E-state index contributed by atoms with van der Waals surface area (Å²) in [5, 5.41) is 2.90. The van der Waals surface area contributed by atoms with Crippen molar-refractivity contribution in [3.05, 3.63) is 62.8 Å². The predicted molar refractivity (Wildman–Crippen MR) is 89.4 cm³/mol. The number of nitrogens with two attached hydrogens (primary N) is 1. The van der Waals surface area contributed by atoms with Crippen LogP contribution in [0.15, 0.2) is 40.9 Å². The molecule has 0 fully saturated rings. The lowest BCUT2D eigenvalue weighted by atomic mass is 10.1. The van der Waals surface area contributed by atoms with E-state index in [0.29, 0.717) is 16.3 Å². The van der Waals surface area contributed by atoms with E-state index in [1.807, 2.05) is 0 Å². The normalized spacial score (nSPS) is 10.2. The van der Waals surface area contributed by atoms with Crippen LogP contribution in [0.5, 0.6) is 0 Å². The number of nitrogens with one attached hydrogen (secondary N) is 1. The van der Waals surface area contributed by atoms with Crippen LogP contribution in [0.2, 0.25) is 5.02 Å². The fourth-order valence-corrected chi connectivity index (χ4v) is 2.20. The first-order valence-electron chi connectivity index (χ1n) is 5.74. The smallest absolute Gasteiger partial charge is 0.255 e. The second kappa shape index (κ2) is 6.51. The number of anilines is 1. The minimum atomic E-state index is -0.516. The van der Waals surface area contributed by atoms with E-state index in [0.717, 1.165) is 6.07 Å². The molecule has 0 saturated carbocycles. The molecule has 3 nitrogen and oxygen atoms in total. The van der Waals surface area contributed by atoms with Crippen molar-refractivity contribution >= 4 is 56.3 Å². The van der Waals surface area contributed by atoms with Crippen LogP contribution in [0.3, 0.4) is 0 Å². The van der Waals surface area contributed by atoms with Crippen LogP contribution in [-0.2, 0) is 0 Å². The second-order valence-electron chi connectivity index (χ2n) is 4.14. The van der Waals surface area contributed by atoms with Crippen LogP contribution in [0.1, 0.15) is 15.9 Å². The fourth-order valence-electron chi connectivity index (χ4n) is 1.60. The highest BCUT2D eigenvalue weighted by Gasteiger charge is 2.11. The Morgan fingerprint density at radius 1 is 1.24 bits per heavy atom. The molecule has 0 aliphatic carbocycles. The number of hydrogen-bond acceptors (Lipinski definition) is 2. The maximum absolute atomic E-state index is 13.4. The quantitative estimate of drug-likeness (QED) is 0.779. The minimum Gasteiger partial charge on any atom is -0.389 e. The van der Waals surface area contributed by atoms with Gasteiger partial charge in [0.25, 0.3) is 5.91 Å². The molecule has 3 N–H and O–H groups in total. The van der Waals surface area contributed by atoms with Crippen molar-refractivity contribution in [3.8, 4) is 0 Å². The average Bonchev–Trinajstić information content (AvgIpc) is 2.43. The molecule has 0 heterocycles. The van der Waals surface area contributed by atoms with E-state index in [1.165, 1.54) is 12.1 Å². The van der Waals surface area contributed by atoms with E-state index in [-0.39, 0.29) is 15.0 Å². The molecule has 2 aromatic carbocycles. The second-order valence-corrected chi connectivity index (χ2v) is 5.84. The van der Waals surface area contributed by atoms with Gasteiger partial charge >= 0.3 is 0 Å². The van der Waals surface area contributed by atoms with Crippen molar-refractivity contribution < 1.29 is 9.18 Å². The summed E-state index contributed by atoms with van der Waals surface area (Å²) >= 11 is 13.9. The summed E-state index contributed by atoms with van der Waals surface area (Å²) in [7, 11) is 0. The van der Waals surface area contributed by atoms with Crippen LogP contribution in [0.25, 0.3) is 0 Å². The molecule has 108 valence electrons. The lowest BCUT2D eigenvalue weighted by Gasteiger charge is -2.09. The van der Waals surface area contributed by atoms with Gasteiger partial charge in [0, 0.05) is 11.1 Å². The monoisotopic (exact) mass is 386 g/mol. The number of benzene rings is 2. The molecular weight excluding hydrogens is 379 g/mol. The molecule has 0 bridgehead atoms. The van der Waals surface area contributed by atoms with Crippen molar-refractivity contribution in [1.29, 1.82) is 0 Å². The lowest BCUT2D eigenvalue weighted by molar-refractivity contribution is 0.102. The summed E-state index contributed by atoms with van der Waals surface area (Å²) in [6.07, 6.45) is 0. The molecule has 2 rings (SSSR count). The maximum atomic E-state index is 13.4. The number of carbonyl (C=O) groups excluding carboxylic acids is 1. The highest BCUT2D eigenvalue weighted by Crippen LogP contribution is 2.24. The molecule has 1 amide bonds. The molecular formula is C14H9BrClFN2OS. The number of rotatable bonds is 3. The standard InChI is InChI=1S/C14H9BrClFN2OS/c15-9-3-1-8(6-11(9)17)14(20)19-12-4-2-7(13(18)21)5-10(12)16/h1-6H,(H2,18,21)(H,19,20). The van der Waals surface area contributed by atoms with Crippen molar-refractivity contribution in [2.75, 3.05) is 5.32 Å². The molecule has 0 unspecified atom stereocenters. The van der Waals surface area contributed by atoms with Gasteiger partial charge in [0.2, 0.25) is 0 Å². The molecule has 0 saturated heterocycles. The summed E-state index contributed by atoms with van der Waals surface area (Å²) in [6.45, 7) is 0. The van der Waals surface area contributed by atoms with Gasteiger partial charge in [-0.3, -0.25) is 4.79 Å². The van der Waals surface area contributed by atoms with Gasteiger partial charge in [-0.2, -0.15) is 0 Å². The Bertz CT molecular complexity index is 739. The molecule has 7 heteroatoms. The zero-order valence-corrected chi connectivity index (χ0v) is 13.7. The SMILES string of the molecule is NC(=S)c1ccc(NC(=O)c2ccc(Br)c(F)c2)c(Cl)c1. The van der Waals surface area contributed by atoms with Gasteiger partial charge in [0.05, 0.1) is 15.2 Å². The van der Waals surface area contributed by atoms with Gasteiger partial charge < -0.3 is 11.1 Å². The van der Waals surface area contributed by atoms with Crippen molar-refractivity contribution in [2.45, 2.75) is 0 Å². The Balaban J connectivity index is 2.23. The van der Waals surface area contributed by atoms with Crippen LogP contribution < -0.4 is 11.1 Å². The van der Waals surface area contributed by atoms with E-state index in [4.69, 9.17) is 29.6 Å². The Kier molecular flexibility index (Phi) is 4.92. The molecule has 21 heavy (non-hydrogen) atoms. The zero-order valence-electron chi connectivity index (χ0n) is 10.5. The number of carbonyl (C=O) groups is 1. The van der Waals surface area contributed by atoms with Crippen molar-refractivity contribution in [2.24, 2.45) is 5.73 Å². The first-order valence-corrected chi connectivity index (χ1v) is 7.32. The predicted octanol–water partition coefficient (Wildman–Crippen LogP) is 4.13. The Hall–Kier alpha value is -1.50.